The summed E-state index contributed by atoms with van der Waals surface area (Å²) in [6.45, 7) is 2.91. The number of Topliss-reactive ketones (excluding diaryl/α,β-unsaturated/α-hetero) is 1. The fourth-order valence-corrected chi connectivity index (χ4v) is 3.41. The van der Waals surface area contributed by atoms with Crippen LogP contribution in [0.5, 0.6) is 0 Å². The van der Waals surface area contributed by atoms with Gasteiger partial charge in [-0.05, 0) is 30.5 Å². The van der Waals surface area contributed by atoms with Gasteiger partial charge in [0.25, 0.3) is 5.91 Å². The van der Waals surface area contributed by atoms with Crippen LogP contribution in [-0.4, -0.2) is 35.2 Å². The molecule has 0 unspecified atom stereocenters. The highest BCUT2D eigenvalue weighted by molar-refractivity contribution is 5.89. The van der Waals surface area contributed by atoms with Crippen LogP contribution in [0.3, 0.4) is 0 Å². The van der Waals surface area contributed by atoms with E-state index in [1.165, 1.54) is 31.2 Å². The van der Waals surface area contributed by atoms with Crippen molar-refractivity contribution in [3.63, 3.8) is 0 Å². The Hall–Kier alpha value is -2.84. The van der Waals surface area contributed by atoms with Crippen LogP contribution in [-0.2, 0) is 25.7 Å². The first kappa shape index (κ1) is 21.5. The molecule has 4 atom stereocenters. The maximum atomic E-state index is 12.9. The molecule has 2 rings (SSSR count). The monoisotopic (exact) mass is 394 g/mol. The summed E-state index contributed by atoms with van der Waals surface area (Å²) in [5.74, 6) is -3.31. The van der Waals surface area contributed by atoms with Crippen molar-refractivity contribution in [1.82, 2.24) is 5.32 Å². The number of nitrogens with one attached hydrogen (secondary N) is 1. The van der Waals surface area contributed by atoms with E-state index in [0.29, 0.717) is 5.56 Å². The first-order chi connectivity index (χ1) is 13.2. The van der Waals surface area contributed by atoms with Gasteiger partial charge in [-0.1, -0.05) is 19.1 Å². The lowest BCUT2D eigenvalue weighted by Gasteiger charge is -2.18. The first-order valence-corrected chi connectivity index (χ1v) is 9.03. The third-order valence-corrected chi connectivity index (χ3v) is 4.99. The van der Waals surface area contributed by atoms with E-state index in [-0.39, 0.29) is 43.4 Å². The molecule has 8 nitrogen and oxygen atoms in total. The minimum absolute atomic E-state index is 0.143. The quantitative estimate of drug-likeness (QED) is 0.409. The van der Waals surface area contributed by atoms with E-state index in [4.69, 9.17) is 4.74 Å². The zero-order valence-electron chi connectivity index (χ0n) is 15.7. The van der Waals surface area contributed by atoms with Crippen molar-refractivity contribution in [3.8, 4) is 0 Å². The molecule has 0 aliphatic heterocycles. The third-order valence-electron chi connectivity index (χ3n) is 4.99. The fraction of sp³-hybridized carbons (Fsp3) is 0.526. The molecule has 1 aliphatic carbocycles. The number of hydrogen-bond donors (Lipinski definition) is 1. The smallest absolute Gasteiger partial charge is 0.307 e. The Labute approximate surface area is 161 Å². The van der Waals surface area contributed by atoms with E-state index < -0.39 is 34.7 Å². The Morgan fingerprint density at radius 1 is 1.36 bits per heavy atom. The van der Waals surface area contributed by atoms with E-state index in [9.17, 15) is 28.9 Å². The minimum Gasteiger partial charge on any atom is -0.453 e. The van der Waals surface area contributed by atoms with Gasteiger partial charge in [0, 0.05) is 29.7 Å². The summed E-state index contributed by atoms with van der Waals surface area (Å²) < 4.78 is 18.0. The number of rotatable bonds is 8. The molecule has 0 radical (unpaired) electrons. The number of nitrogens with zero attached hydrogens (tertiary/aromatic N) is 1. The maximum absolute atomic E-state index is 12.9. The van der Waals surface area contributed by atoms with Crippen LogP contribution in [0.2, 0.25) is 0 Å². The number of ketones is 1. The standard InChI is InChI=1S/C19H23FN2O6/c1-11-7-17(23)15(16(11)10-22(26)27)8-18(24)28-12(2)19(25)21-9-13-3-5-14(20)6-4-13/h3-6,11-12,15-16H,7-10H2,1-2H3,(H,21,25)/t11-,12+,15-,16-/m1/s1. The Morgan fingerprint density at radius 3 is 2.61 bits per heavy atom. The minimum atomic E-state index is -1.09. The van der Waals surface area contributed by atoms with Gasteiger partial charge in [-0.3, -0.25) is 24.5 Å². The van der Waals surface area contributed by atoms with E-state index in [1.807, 2.05) is 0 Å². The Morgan fingerprint density at radius 2 is 2.00 bits per heavy atom. The molecule has 1 fully saturated rings. The van der Waals surface area contributed by atoms with E-state index in [0.717, 1.165) is 0 Å². The highest BCUT2D eigenvalue weighted by Gasteiger charge is 2.44. The van der Waals surface area contributed by atoms with Crippen LogP contribution in [0.1, 0.15) is 32.3 Å². The summed E-state index contributed by atoms with van der Waals surface area (Å²) >= 11 is 0. The van der Waals surface area contributed by atoms with Gasteiger partial charge in [0.2, 0.25) is 6.54 Å². The van der Waals surface area contributed by atoms with Gasteiger partial charge in [-0.15, -0.1) is 0 Å². The molecule has 0 spiro atoms. The van der Waals surface area contributed by atoms with Crippen molar-refractivity contribution in [2.45, 2.75) is 39.3 Å². The molecule has 1 amide bonds. The van der Waals surface area contributed by atoms with Crippen LogP contribution in [0.4, 0.5) is 4.39 Å². The Kier molecular flexibility index (Phi) is 7.19. The predicted octanol–water partition coefficient (Wildman–Crippen LogP) is 1.88. The SMILES string of the molecule is C[C@H](OC(=O)C[C@H]1C(=O)C[C@@H](C)[C@H]1C[N+](=O)[O-])C(=O)NCc1ccc(F)cc1. The average molecular weight is 394 g/mol. The van der Waals surface area contributed by atoms with E-state index in [2.05, 4.69) is 5.32 Å². The number of ether oxygens (including phenoxy) is 1. The van der Waals surface area contributed by atoms with Gasteiger partial charge in [-0.2, -0.15) is 0 Å². The second kappa shape index (κ2) is 9.38. The van der Waals surface area contributed by atoms with Crippen molar-refractivity contribution in [2.24, 2.45) is 17.8 Å². The summed E-state index contributed by atoms with van der Waals surface area (Å²) in [6, 6.07) is 5.58. The van der Waals surface area contributed by atoms with Crippen LogP contribution < -0.4 is 5.32 Å². The van der Waals surface area contributed by atoms with Gasteiger partial charge in [0.15, 0.2) is 6.10 Å². The fourth-order valence-electron chi connectivity index (χ4n) is 3.41. The third kappa shape index (κ3) is 5.83. The molecular weight excluding hydrogens is 371 g/mol. The molecule has 1 aromatic rings. The second-order valence-electron chi connectivity index (χ2n) is 7.11. The lowest BCUT2D eigenvalue weighted by molar-refractivity contribution is -0.490. The number of halogens is 1. The first-order valence-electron chi connectivity index (χ1n) is 9.03. The van der Waals surface area contributed by atoms with Gasteiger partial charge < -0.3 is 10.1 Å². The summed E-state index contributed by atoms with van der Waals surface area (Å²) in [5.41, 5.74) is 0.682. The molecule has 28 heavy (non-hydrogen) atoms. The number of nitro groups is 1. The van der Waals surface area contributed by atoms with E-state index >= 15 is 0 Å². The number of carbonyl (C=O) groups excluding carboxylic acids is 3. The Balaban J connectivity index is 1.85. The van der Waals surface area contributed by atoms with Gasteiger partial charge in [0.1, 0.15) is 11.6 Å². The van der Waals surface area contributed by atoms with Gasteiger partial charge in [0.05, 0.1) is 6.42 Å². The van der Waals surface area contributed by atoms with Gasteiger partial charge in [-0.25, -0.2) is 4.39 Å². The van der Waals surface area contributed by atoms with E-state index in [1.54, 1.807) is 6.92 Å². The molecular formula is C19H23FN2O6. The summed E-state index contributed by atoms with van der Waals surface area (Å²) in [5, 5.41) is 13.4. The molecule has 1 N–H and O–H groups in total. The molecule has 0 bridgehead atoms. The summed E-state index contributed by atoms with van der Waals surface area (Å²) in [6.07, 6.45) is -1.17. The molecule has 0 aromatic heterocycles. The van der Waals surface area contributed by atoms with Crippen LogP contribution >= 0.6 is 0 Å². The van der Waals surface area contributed by atoms with Crippen LogP contribution in [0.15, 0.2) is 24.3 Å². The molecule has 152 valence electrons. The second-order valence-corrected chi connectivity index (χ2v) is 7.11. The average Bonchev–Trinajstić information content (AvgIpc) is 2.87. The van der Waals surface area contributed by atoms with Crippen molar-refractivity contribution in [2.75, 3.05) is 6.54 Å². The maximum Gasteiger partial charge on any atom is 0.307 e. The number of amides is 1. The number of carbonyl (C=O) groups is 3. The summed E-state index contributed by atoms with van der Waals surface area (Å²) in [4.78, 5) is 46.6. The summed E-state index contributed by atoms with van der Waals surface area (Å²) in [7, 11) is 0. The molecule has 0 heterocycles. The van der Waals surface area contributed by atoms with Gasteiger partial charge >= 0.3 is 5.97 Å². The lowest BCUT2D eigenvalue weighted by Crippen LogP contribution is -2.36. The number of esters is 1. The van der Waals surface area contributed by atoms with Crippen molar-refractivity contribution < 1.29 is 28.4 Å². The lowest BCUT2D eigenvalue weighted by atomic mass is 9.88. The van der Waals surface area contributed by atoms with Crippen molar-refractivity contribution in [3.05, 3.63) is 45.8 Å². The van der Waals surface area contributed by atoms with Crippen LogP contribution in [0, 0.1) is 33.7 Å². The predicted molar refractivity (Wildman–Crippen MR) is 96.0 cm³/mol. The normalized spacial score (nSPS) is 22.5. The van der Waals surface area contributed by atoms with Crippen molar-refractivity contribution in [1.29, 1.82) is 0 Å². The molecule has 9 heteroatoms. The zero-order valence-corrected chi connectivity index (χ0v) is 15.7. The molecule has 0 saturated heterocycles. The largest absolute Gasteiger partial charge is 0.453 e. The zero-order chi connectivity index (χ0) is 20.8. The highest BCUT2D eigenvalue weighted by Crippen LogP contribution is 2.36. The molecule has 1 aliphatic rings. The number of benzene rings is 1. The molecule has 1 aromatic carbocycles. The van der Waals surface area contributed by atoms with Crippen LogP contribution in [0.25, 0.3) is 0 Å². The number of hydrogen-bond acceptors (Lipinski definition) is 6. The van der Waals surface area contributed by atoms with Crippen molar-refractivity contribution >= 4 is 17.7 Å². The molecule has 1 saturated carbocycles. The highest BCUT2D eigenvalue weighted by atomic mass is 19.1. The topological polar surface area (TPSA) is 116 Å². The Bertz CT molecular complexity index is 751.